The third kappa shape index (κ3) is 4.69. The van der Waals surface area contributed by atoms with Gasteiger partial charge >= 0.3 is 5.97 Å². The number of carboxylic acid groups (broad SMARTS) is 1. The summed E-state index contributed by atoms with van der Waals surface area (Å²) in [6.45, 7) is 2.87. The monoisotopic (exact) mass is 313 g/mol. The van der Waals surface area contributed by atoms with Crippen LogP contribution in [-0.4, -0.2) is 41.4 Å². The molecule has 5 heteroatoms. The van der Waals surface area contributed by atoms with Gasteiger partial charge in [0, 0.05) is 4.90 Å². The average Bonchev–Trinajstić information content (AvgIpc) is 2.46. The fourth-order valence-corrected chi connectivity index (χ4v) is 3.61. The predicted octanol–water partition coefficient (Wildman–Crippen LogP) is 3.62. The largest absolute Gasteiger partial charge is 0.481 e. The number of nitrogens with zero attached hydrogens (tertiary/aromatic N) is 1. The first-order chi connectivity index (χ1) is 9.66. The SMILES string of the molecule is O=C(O)C1CCN(CCCSc2ccccc2Cl)CC1. The van der Waals surface area contributed by atoms with Crippen LogP contribution in [0.2, 0.25) is 5.02 Å². The molecule has 1 aromatic carbocycles. The molecule has 0 spiro atoms. The quantitative estimate of drug-likeness (QED) is 0.643. The van der Waals surface area contributed by atoms with Crippen LogP contribution in [0, 0.1) is 5.92 Å². The highest BCUT2D eigenvalue weighted by Gasteiger charge is 2.23. The Bertz CT molecular complexity index is 447. The third-order valence-electron chi connectivity index (χ3n) is 3.65. The minimum atomic E-state index is -0.640. The molecule has 0 unspecified atom stereocenters. The molecule has 1 fully saturated rings. The van der Waals surface area contributed by atoms with Crippen molar-refractivity contribution >= 4 is 29.3 Å². The Morgan fingerprint density at radius 1 is 1.35 bits per heavy atom. The molecular formula is C15H20ClNO2S. The molecule has 0 bridgehead atoms. The number of hydrogen-bond donors (Lipinski definition) is 1. The summed E-state index contributed by atoms with van der Waals surface area (Å²) in [7, 11) is 0. The molecule has 1 N–H and O–H groups in total. The molecule has 0 atom stereocenters. The topological polar surface area (TPSA) is 40.5 Å². The van der Waals surface area contributed by atoms with E-state index in [1.807, 2.05) is 24.3 Å². The lowest BCUT2D eigenvalue weighted by Crippen LogP contribution is -2.36. The Morgan fingerprint density at radius 3 is 2.70 bits per heavy atom. The Hall–Kier alpha value is -0.710. The molecule has 1 saturated heterocycles. The number of rotatable bonds is 6. The van der Waals surface area contributed by atoms with E-state index in [4.69, 9.17) is 16.7 Å². The van der Waals surface area contributed by atoms with E-state index in [1.54, 1.807) is 11.8 Å². The molecule has 1 aliphatic heterocycles. The highest BCUT2D eigenvalue weighted by atomic mass is 35.5. The zero-order valence-corrected chi connectivity index (χ0v) is 13.0. The second-order valence-electron chi connectivity index (χ2n) is 5.09. The summed E-state index contributed by atoms with van der Waals surface area (Å²) in [6.07, 6.45) is 2.67. The Kier molecular flexibility index (Phi) is 6.20. The maximum absolute atomic E-state index is 10.9. The number of likely N-dealkylation sites (tertiary alicyclic amines) is 1. The lowest BCUT2D eigenvalue weighted by molar-refractivity contribution is -0.143. The van der Waals surface area contributed by atoms with Gasteiger partial charge in [-0.25, -0.2) is 0 Å². The zero-order chi connectivity index (χ0) is 14.4. The number of aliphatic carboxylic acids is 1. The second-order valence-corrected chi connectivity index (χ2v) is 6.63. The molecule has 0 aliphatic carbocycles. The van der Waals surface area contributed by atoms with Crippen molar-refractivity contribution in [3.63, 3.8) is 0 Å². The van der Waals surface area contributed by atoms with Crippen molar-refractivity contribution in [2.45, 2.75) is 24.2 Å². The summed E-state index contributed by atoms with van der Waals surface area (Å²) in [5.41, 5.74) is 0. The van der Waals surface area contributed by atoms with Crippen LogP contribution in [0.4, 0.5) is 0 Å². The summed E-state index contributed by atoms with van der Waals surface area (Å²) < 4.78 is 0. The number of piperidine rings is 1. The fraction of sp³-hybridized carbons (Fsp3) is 0.533. The Morgan fingerprint density at radius 2 is 2.05 bits per heavy atom. The van der Waals surface area contributed by atoms with Crippen LogP contribution in [0.15, 0.2) is 29.2 Å². The fourth-order valence-electron chi connectivity index (χ4n) is 2.44. The van der Waals surface area contributed by atoms with Crippen molar-refractivity contribution in [1.29, 1.82) is 0 Å². The van der Waals surface area contributed by atoms with Crippen molar-refractivity contribution in [2.75, 3.05) is 25.4 Å². The number of benzene rings is 1. The minimum absolute atomic E-state index is 0.135. The standard InChI is InChI=1S/C15H20ClNO2S/c16-13-4-1-2-5-14(13)20-11-3-8-17-9-6-12(7-10-17)15(18)19/h1-2,4-5,12H,3,6-11H2,(H,18,19). The van der Waals surface area contributed by atoms with Crippen molar-refractivity contribution < 1.29 is 9.90 Å². The molecule has 3 nitrogen and oxygen atoms in total. The smallest absolute Gasteiger partial charge is 0.306 e. The van der Waals surface area contributed by atoms with Crippen LogP contribution in [0.25, 0.3) is 0 Å². The van der Waals surface area contributed by atoms with E-state index in [2.05, 4.69) is 4.90 Å². The van der Waals surface area contributed by atoms with Crippen molar-refractivity contribution in [2.24, 2.45) is 5.92 Å². The molecule has 20 heavy (non-hydrogen) atoms. The number of carboxylic acids is 1. The molecule has 0 amide bonds. The number of thioether (sulfide) groups is 1. The van der Waals surface area contributed by atoms with Gasteiger partial charge in [0.15, 0.2) is 0 Å². The summed E-state index contributed by atoms with van der Waals surface area (Å²) in [5.74, 6) is 0.269. The van der Waals surface area contributed by atoms with E-state index in [0.29, 0.717) is 0 Å². The van der Waals surface area contributed by atoms with Gasteiger partial charge in [-0.3, -0.25) is 4.79 Å². The van der Waals surface area contributed by atoms with Crippen molar-refractivity contribution in [3.05, 3.63) is 29.3 Å². The highest BCUT2D eigenvalue weighted by Crippen LogP contribution is 2.27. The van der Waals surface area contributed by atoms with Gasteiger partial charge in [0.1, 0.15) is 0 Å². The first kappa shape index (κ1) is 15.7. The first-order valence-corrected chi connectivity index (χ1v) is 8.35. The lowest BCUT2D eigenvalue weighted by atomic mass is 9.97. The molecule has 2 rings (SSSR count). The van der Waals surface area contributed by atoms with Gasteiger partial charge < -0.3 is 10.0 Å². The van der Waals surface area contributed by atoms with E-state index >= 15 is 0 Å². The van der Waals surface area contributed by atoms with E-state index in [-0.39, 0.29) is 5.92 Å². The summed E-state index contributed by atoms with van der Waals surface area (Å²) in [4.78, 5) is 14.4. The van der Waals surface area contributed by atoms with Gasteiger partial charge in [0.05, 0.1) is 10.9 Å². The lowest BCUT2D eigenvalue weighted by Gasteiger charge is -2.29. The molecule has 1 heterocycles. The second kappa shape index (κ2) is 7.91. The summed E-state index contributed by atoms with van der Waals surface area (Å²) in [5, 5.41) is 9.78. The van der Waals surface area contributed by atoms with Gasteiger partial charge in [-0.15, -0.1) is 11.8 Å². The van der Waals surface area contributed by atoms with Gasteiger partial charge in [0.2, 0.25) is 0 Å². The highest BCUT2D eigenvalue weighted by molar-refractivity contribution is 7.99. The van der Waals surface area contributed by atoms with Crippen LogP contribution in [0.1, 0.15) is 19.3 Å². The molecule has 1 aromatic rings. The van der Waals surface area contributed by atoms with Crippen LogP contribution in [-0.2, 0) is 4.79 Å². The minimum Gasteiger partial charge on any atom is -0.481 e. The Labute approximate surface area is 129 Å². The van der Waals surface area contributed by atoms with Gasteiger partial charge in [-0.05, 0) is 56.8 Å². The number of hydrogen-bond acceptors (Lipinski definition) is 3. The zero-order valence-electron chi connectivity index (χ0n) is 11.4. The van der Waals surface area contributed by atoms with E-state index in [1.165, 1.54) is 0 Å². The number of halogens is 1. The maximum Gasteiger partial charge on any atom is 0.306 e. The Balaban J connectivity index is 1.63. The van der Waals surface area contributed by atoms with E-state index in [0.717, 1.165) is 54.6 Å². The predicted molar refractivity (Wildman–Crippen MR) is 83.6 cm³/mol. The van der Waals surface area contributed by atoms with Crippen molar-refractivity contribution in [1.82, 2.24) is 4.90 Å². The first-order valence-electron chi connectivity index (χ1n) is 6.99. The summed E-state index contributed by atoms with van der Waals surface area (Å²) >= 11 is 7.90. The van der Waals surface area contributed by atoms with Crippen LogP contribution in [0.3, 0.4) is 0 Å². The van der Waals surface area contributed by atoms with Gasteiger partial charge in [-0.2, -0.15) is 0 Å². The maximum atomic E-state index is 10.9. The van der Waals surface area contributed by atoms with E-state index in [9.17, 15) is 4.79 Å². The molecule has 0 saturated carbocycles. The van der Waals surface area contributed by atoms with E-state index < -0.39 is 5.97 Å². The molecule has 110 valence electrons. The summed E-state index contributed by atoms with van der Waals surface area (Å²) in [6, 6.07) is 7.91. The van der Waals surface area contributed by atoms with Crippen LogP contribution in [0.5, 0.6) is 0 Å². The van der Waals surface area contributed by atoms with Crippen LogP contribution >= 0.6 is 23.4 Å². The van der Waals surface area contributed by atoms with Gasteiger partial charge in [0.25, 0.3) is 0 Å². The molecule has 0 aromatic heterocycles. The number of carbonyl (C=O) groups is 1. The van der Waals surface area contributed by atoms with Crippen molar-refractivity contribution in [3.8, 4) is 0 Å². The van der Waals surface area contributed by atoms with Gasteiger partial charge in [-0.1, -0.05) is 23.7 Å². The molecule has 1 aliphatic rings. The molecule has 0 radical (unpaired) electrons. The molecular weight excluding hydrogens is 294 g/mol. The normalized spacial score (nSPS) is 17.2. The average molecular weight is 314 g/mol. The third-order valence-corrected chi connectivity index (χ3v) is 5.25. The van der Waals surface area contributed by atoms with Crippen LogP contribution < -0.4 is 0 Å².